The SMILES string of the molecule is COC(=O)c1cc(N)cc(Cl)c1N1CCCOC(C)C1. The van der Waals surface area contributed by atoms with Crippen LogP contribution in [0, 0.1) is 0 Å². The molecule has 1 aromatic rings. The fourth-order valence-corrected chi connectivity index (χ4v) is 2.75. The van der Waals surface area contributed by atoms with E-state index in [1.54, 1.807) is 12.1 Å². The van der Waals surface area contributed by atoms with Crippen molar-refractivity contribution in [2.45, 2.75) is 19.4 Å². The summed E-state index contributed by atoms with van der Waals surface area (Å²) in [5, 5.41) is 0.458. The highest BCUT2D eigenvalue weighted by molar-refractivity contribution is 6.34. The van der Waals surface area contributed by atoms with E-state index in [0.29, 0.717) is 35.1 Å². The number of hydrogen-bond acceptors (Lipinski definition) is 5. The molecule has 1 heterocycles. The summed E-state index contributed by atoms with van der Waals surface area (Å²) in [5.41, 5.74) is 7.28. The van der Waals surface area contributed by atoms with Crippen LogP contribution in [-0.2, 0) is 9.47 Å². The molecule has 0 aromatic heterocycles. The summed E-state index contributed by atoms with van der Waals surface area (Å²) in [6.45, 7) is 4.16. The van der Waals surface area contributed by atoms with Gasteiger partial charge in [-0.05, 0) is 25.5 Å². The van der Waals surface area contributed by atoms with Crippen LogP contribution in [0.5, 0.6) is 0 Å². The van der Waals surface area contributed by atoms with Gasteiger partial charge >= 0.3 is 5.97 Å². The lowest BCUT2D eigenvalue weighted by Crippen LogP contribution is -2.31. The fraction of sp³-hybridized carbons (Fsp3) is 0.500. The number of esters is 1. The molecule has 6 heteroatoms. The van der Waals surface area contributed by atoms with Crippen LogP contribution in [0.4, 0.5) is 11.4 Å². The van der Waals surface area contributed by atoms with Crippen molar-refractivity contribution in [1.29, 1.82) is 0 Å². The quantitative estimate of drug-likeness (QED) is 0.670. The molecule has 0 saturated carbocycles. The third-order valence-electron chi connectivity index (χ3n) is 3.26. The van der Waals surface area contributed by atoms with Gasteiger partial charge in [0.05, 0.1) is 29.5 Å². The highest BCUT2D eigenvalue weighted by atomic mass is 35.5. The van der Waals surface area contributed by atoms with Crippen molar-refractivity contribution >= 4 is 28.9 Å². The van der Waals surface area contributed by atoms with Crippen LogP contribution in [0.25, 0.3) is 0 Å². The van der Waals surface area contributed by atoms with Crippen LogP contribution in [0.15, 0.2) is 12.1 Å². The molecular formula is C14H19ClN2O3. The molecule has 1 fully saturated rings. The van der Waals surface area contributed by atoms with Crippen molar-refractivity contribution in [3.8, 4) is 0 Å². The van der Waals surface area contributed by atoms with Gasteiger partial charge in [-0.15, -0.1) is 0 Å². The highest BCUT2D eigenvalue weighted by Gasteiger charge is 2.24. The van der Waals surface area contributed by atoms with E-state index in [1.165, 1.54) is 7.11 Å². The molecule has 2 rings (SSSR count). The number of carbonyl (C=O) groups is 1. The number of benzene rings is 1. The molecule has 0 bridgehead atoms. The smallest absolute Gasteiger partial charge is 0.340 e. The molecule has 0 spiro atoms. The monoisotopic (exact) mass is 298 g/mol. The Morgan fingerprint density at radius 1 is 1.55 bits per heavy atom. The fourth-order valence-electron chi connectivity index (χ4n) is 2.40. The van der Waals surface area contributed by atoms with Gasteiger partial charge < -0.3 is 20.1 Å². The van der Waals surface area contributed by atoms with Gasteiger partial charge in [-0.3, -0.25) is 0 Å². The molecule has 1 aliphatic heterocycles. The van der Waals surface area contributed by atoms with Crippen molar-refractivity contribution in [2.24, 2.45) is 0 Å². The zero-order valence-corrected chi connectivity index (χ0v) is 12.4. The highest BCUT2D eigenvalue weighted by Crippen LogP contribution is 2.34. The van der Waals surface area contributed by atoms with Gasteiger partial charge in [-0.1, -0.05) is 11.6 Å². The number of methoxy groups -OCH3 is 1. The molecule has 1 saturated heterocycles. The molecule has 0 amide bonds. The Morgan fingerprint density at radius 2 is 2.30 bits per heavy atom. The zero-order chi connectivity index (χ0) is 14.7. The Kier molecular flexibility index (Phi) is 4.73. The summed E-state index contributed by atoms with van der Waals surface area (Å²) in [6.07, 6.45) is 0.961. The Balaban J connectivity index is 2.45. The van der Waals surface area contributed by atoms with E-state index in [1.807, 2.05) is 6.92 Å². The standard InChI is InChI=1S/C14H19ClN2O3/c1-9-8-17(4-3-5-20-9)13-11(14(18)19-2)6-10(16)7-12(13)15/h6-7,9H,3-5,8,16H2,1-2H3. The Morgan fingerprint density at radius 3 is 3.00 bits per heavy atom. The van der Waals surface area contributed by atoms with Crippen molar-refractivity contribution in [1.82, 2.24) is 0 Å². The minimum Gasteiger partial charge on any atom is -0.465 e. The number of rotatable bonds is 2. The Hall–Kier alpha value is -1.46. The first-order valence-corrected chi connectivity index (χ1v) is 6.94. The lowest BCUT2D eigenvalue weighted by Gasteiger charge is -2.27. The van der Waals surface area contributed by atoms with E-state index in [-0.39, 0.29) is 6.10 Å². The van der Waals surface area contributed by atoms with Crippen molar-refractivity contribution in [3.05, 3.63) is 22.7 Å². The number of ether oxygens (including phenoxy) is 2. The molecule has 0 radical (unpaired) electrons. The molecule has 5 nitrogen and oxygen atoms in total. The van der Waals surface area contributed by atoms with Crippen molar-refractivity contribution in [2.75, 3.05) is 37.4 Å². The molecule has 20 heavy (non-hydrogen) atoms. The number of hydrogen-bond donors (Lipinski definition) is 1. The van der Waals surface area contributed by atoms with Gasteiger partial charge in [0.25, 0.3) is 0 Å². The number of anilines is 2. The Bertz CT molecular complexity index is 507. The van der Waals surface area contributed by atoms with Gasteiger partial charge in [0.2, 0.25) is 0 Å². The molecular weight excluding hydrogens is 280 g/mol. The topological polar surface area (TPSA) is 64.8 Å². The first kappa shape index (κ1) is 14.9. The van der Waals surface area contributed by atoms with Gasteiger partial charge in [0.1, 0.15) is 0 Å². The summed E-state index contributed by atoms with van der Waals surface area (Å²) in [6, 6.07) is 3.25. The van der Waals surface area contributed by atoms with Crippen molar-refractivity contribution in [3.63, 3.8) is 0 Å². The maximum Gasteiger partial charge on any atom is 0.340 e. The predicted octanol–water partition coefficient (Wildman–Crippen LogP) is 2.32. The number of halogens is 1. The summed E-state index contributed by atoms with van der Waals surface area (Å²) < 4.78 is 10.4. The molecule has 1 unspecified atom stereocenters. The Labute approximate surface area is 123 Å². The van der Waals surface area contributed by atoms with Crippen LogP contribution >= 0.6 is 11.6 Å². The third kappa shape index (κ3) is 3.16. The van der Waals surface area contributed by atoms with Crippen LogP contribution < -0.4 is 10.6 Å². The lowest BCUT2D eigenvalue weighted by atomic mass is 10.1. The molecule has 1 atom stereocenters. The normalized spacial score (nSPS) is 19.6. The summed E-state index contributed by atoms with van der Waals surface area (Å²) in [4.78, 5) is 14.0. The number of nitrogens with two attached hydrogens (primary N) is 1. The maximum absolute atomic E-state index is 12.0. The van der Waals surface area contributed by atoms with Gasteiger partial charge in [-0.2, -0.15) is 0 Å². The average Bonchev–Trinajstić information content (AvgIpc) is 2.61. The third-order valence-corrected chi connectivity index (χ3v) is 3.55. The number of nitrogen functional groups attached to an aromatic ring is 1. The van der Waals surface area contributed by atoms with Gasteiger partial charge in [0.15, 0.2) is 0 Å². The van der Waals surface area contributed by atoms with Crippen LogP contribution in [0.1, 0.15) is 23.7 Å². The number of nitrogens with zero attached hydrogens (tertiary/aromatic N) is 1. The van der Waals surface area contributed by atoms with E-state index in [4.69, 9.17) is 26.8 Å². The summed E-state index contributed by atoms with van der Waals surface area (Å²) in [7, 11) is 1.34. The van der Waals surface area contributed by atoms with Gasteiger partial charge in [0, 0.05) is 25.4 Å². The predicted molar refractivity (Wildman–Crippen MR) is 79.4 cm³/mol. The molecule has 1 aliphatic rings. The first-order chi connectivity index (χ1) is 9.52. The average molecular weight is 299 g/mol. The molecule has 1 aromatic carbocycles. The summed E-state index contributed by atoms with van der Waals surface area (Å²) >= 11 is 6.30. The molecule has 110 valence electrons. The molecule has 2 N–H and O–H groups in total. The summed E-state index contributed by atoms with van der Waals surface area (Å²) in [5.74, 6) is -0.438. The largest absolute Gasteiger partial charge is 0.465 e. The van der Waals surface area contributed by atoms with E-state index in [9.17, 15) is 4.79 Å². The second kappa shape index (κ2) is 6.33. The minimum absolute atomic E-state index is 0.0802. The zero-order valence-electron chi connectivity index (χ0n) is 11.7. The van der Waals surface area contributed by atoms with E-state index in [0.717, 1.165) is 13.0 Å². The van der Waals surface area contributed by atoms with Crippen LogP contribution in [-0.4, -0.2) is 38.9 Å². The van der Waals surface area contributed by atoms with E-state index in [2.05, 4.69) is 4.90 Å². The van der Waals surface area contributed by atoms with E-state index < -0.39 is 5.97 Å². The second-order valence-corrected chi connectivity index (χ2v) is 5.28. The van der Waals surface area contributed by atoms with Crippen molar-refractivity contribution < 1.29 is 14.3 Å². The van der Waals surface area contributed by atoms with Gasteiger partial charge in [-0.25, -0.2) is 4.79 Å². The van der Waals surface area contributed by atoms with E-state index >= 15 is 0 Å². The second-order valence-electron chi connectivity index (χ2n) is 4.87. The minimum atomic E-state index is -0.438. The van der Waals surface area contributed by atoms with Crippen LogP contribution in [0.2, 0.25) is 5.02 Å². The molecule has 0 aliphatic carbocycles. The first-order valence-electron chi connectivity index (χ1n) is 6.56. The van der Waals surface area contributed by atoms with Crippen LogP contribution in [0.3, 0.4) is 0 Å². The lowest BCUT2D eigenvalue weighted by molar-refractivity contribution is 0.0601. The maximum atomic E-state index is 12.0. The number of carbonyl (C=O) groups excluding carboxylic acids is 1.